The van der Waals surface area contributed by atoms with E-state index >= 15 is 0 Å². The first-order chi connectivity index (χ1) is 23.9. The zero-order chi connectivity index (χ0) is 34.8. The Kier molecular flexibility index (Phi) is 12.9. The van der Waals surface area contributed by atoms with E-state index < -0.39 is 5.24 Å². The molecular weight excluding hydrogens is 691 g/mol. The first kappa shape index (κ1) is 36.1. The Balaban J connectivity index is 0.000000211. The number of fused-ring (bicyclic) bond motifs is 6. The van der Waals surface area contributed by atoms with Gasteiger partial charge in [-0.3, -0.25) is 34.9 Å². The van der Waals surface area contributed by atoms with Crippen LogP contribution in [0.15, 0.2) is 84.9 Å². The van der Waals surface area contributed by atoms with Gasteiger partial charge in [0, 0.05) is 79.6 Å². The molecule has 49 heavy (non-hydrogen) atoms. The Morgan fingerprint density at radius 2 is 1.16 bits per heavy atom. The average Bonchev–Trinajstić information content (AvgIpc) is 3.60. The molecule has 0 unspecified atom stereocenters. The van der Waals surface area contributed by atoms with Crippen LogP contribution in [-0.4, -0.2) is 51.2 Å². The summed E-state index contributed by atoms with van der Waals surface area (Å²) in [5.41, 5.74) is 14.7. The zero-order valence-electron chi connectivity index (χ0n) is 26.6. The van der Waals surface area contributed by atoms with E-state index in [2.05, 4.69) is 37.2 Å². The molecule has 11 nitrogen and oxygen atoms in total. The lowest BCUT2D eigenvalue weighted by molar-refractivity contribution is -0.128. The summed E-state index contributed by atoms with van der Waals surface area (Å²) in [4.78, 5) is 45.0. The number of rotatable bonds is 14. The molecule has 0 saturated carbocycles. The number of alkyl halides is 2. The van der Waals surface area contributed by atoms with E-state index in [4.69, 9.17) is 44.5 Å². The molecule has 0 aliphatic heterocycles. The van der Waals surface area contributed by atoms with Gasteiger partial charge in [0.05, 0.1) is 19.6 Å². The minimum atomic E-state index is -0.434. The number of para-hydroxylation sites is 2. The minimum Gasteiger partial charge on any atom is -0.339 e. The third kappa shape index (κ3) is 8.52. The highest BCUT2D eigenvalue weighted by molar-refractivity contribution is 6.67. The Morgan fingerprint density at radius 3 is 1.71 bits per heavy atom. The summed E-state index contributed by atoms with van der Waals surface area (Å²) in [6, 6.07) is 27.1. The largest absolute Gasteiger partial charge is 0.339 e. The van der Waals surface area contributed by atoms with E-state index in [1.807, 2.05) is 66.7 Å². The fourth-order valence-corrected chi connectivity index (χ4v) is 6.05. The topological polar surface area (TPSA) is 128 Å². The van der Waals surface area contributed by atoms with Gasteiger partial charge in [-0.25, -0.2) is 0 Å². The van der Waals surface area contributed by atoms with Gasteiger partial charge < -0.3 is 9.13 Å². The number of carbonyl (C=O) groups excluding carboxylic acids is 3. The van der Waals surface area contributed by atoms with Crippen molar-refractivity contribution in [3.05, 3.63) is 96.1 Å². The molecule has 14 heteroatoms. The average molecular weight is 726 g/mol. The Labute approximate surface area is 297 Å². The molecule has 0 fully saturated rings. The lowest BCUT2D eigenvalue weighted by Gasteiger charge is -2.09. The van der Waals surface area contributed by atoms with Crippen molar-refractivity contribution in [1.29, 1.82) is 0 Å². The van der Waals surface area contributed by atoms with Gasteiger partial charge in [-0.05, 0) is 67.1 Å². The van der Waals surface area contributed by atoms with Crippen LogP contribution in [0, 0.1) is 0 Å². The first-order valence-corrected chi connectivity index (χ1v) is 17.0. The smallest absolute Gasteiger partial charge is 0.267 e. The number of hydrazine groups is 2. The number of nitrogens with one attached hydrogen (secondary N) is 4. The SMILES string of the molecule is CCONNC(=O)CCONNC(=O)c1ccc2c(c1)c1ccccc1n2CCCl.O=C(Cl)c1ccc2c(c1)c1ccccc1n2CCCl. The fraction of sp³-hybridized carbons (Fsp3) is 0.229. The normalized spacial score (nSPS) is 11.2. The quantitative estimate of drug-likeness (QED) is 0.0433. The van der Waals surface area contributed by atoms with Crippen molar-refractivity contribution in [3.63, 3.8) is 0 Å². The van der Waals surface area contributed by atoms with E-state index in [1.54, 1.807) is 19.1 Å². The number of amides is 2. The minimum absolute atomic E-state index is 0.0604. The summed E-state index contributed by atoms with van der Waals surface area (Å²) in [5.74, 6) is 0.380. The number of benzene rings is 4. The van der Waals surface area contributed by atoms with Crippen LogP contribution in [-0.2, 0) is 27.6 Å². The van der Waals surface area contributed by atoms with Crippen LogP contribution >= 0.6 is 34.8 Å². The molecule has 4 aromatic carbocycles. The van der Waals surface area contributed by atoms with Crippen LogP contribution < -0.4 is 22.0 Å². The second-order valence-corrected chi connectivity index (χ2v) is 11.8. The van der Waals surface area contributed by atoms with Gasteiger partial charge in [-0.2, -0.15) is 0 Å². The molecule has 2 heterocycles. The predicted molar refractivity (Wildman–Crippen MR) is 195 cm³/mol. The molecule has 0 aliphatic carbocycles. The summed E-state index contributed by atoms with van der Waals surface area (Å²) < 4.78 is 4.31. The number of aryl methyl sites for hydroxylation is 2. The Hall–Kier alpha value is -4.20. The number of aromatic nitrogens is 2. The third-order valence-corrected chi connectivity index (χ3v) is 8.28. The predicted octanol–water partition coefficient (Wildman–Crippen LogP) is 6.57. The maximum atomic E-state index is 12.4. The van der Waals surface area contributed by atoms with Crippen LogP contribution in [0.5, 0.6) is 0 Å². The van der Waals surface area contributed by atoms with Gasteiger partial charge in [-0.1, -0.05) is 36.4 Å². The molecular formula is C35H35Cl3N6O5. The zero-order valence-corrected chi connectivity index (χ0v) is 28.9. The van der Waals surface area contributed by atoms with Crippen molar-refractivity contribution in [3.8, 4) is 0 Å². The van der Waals surface area contributed by atoms with Crippen LogP contribution in [0.3, 0.4) is 0 Å². The van der Waals surface area contributed by atoms with E-state index in [-0.39, 0.29) is 24.8 Å². The highest BCUT2D eigenvalue weighted by atomic mass is 35.5. The highest BCUT2D eigenvalue weighted by Crippen LogP contribution is 2.31. The van der Waals surface area contributed by atoms with E-state index in [0.29, 0.717) is 36.0 Å². The molecule has 2 amide bonds. The second-order valence-electron chi connectivity index (χ2n) is 10.7. The summed E-state index contributed by atoms with van der Waals surface area (Å²) >= 11 is 17.4. The van der Waals surface area contributed by atoms with Gasteiger partial charge in [-0.15, -0.1) is 34.4 Å². The molecule has 2 aromatic heterocycles. The third-order valence-electron chi connectivity index (χ3n) is 7.72. The van der Waals surface area contributed by atoms with E-state index in [1.165, 1.54) is 0 Å². The number of halogens is 3. The molecule has 256 valence electrons. The van der Waals surface area contributed by atoms with Crippen molar-refractivity contribution in [1.82, 2.24) is 31.2 Å². The molecule has 6 aromatic rings. The van der Waals surface area contributed by atoms with Crippen molar-refractivity contribution in [2.75, 3.05) is 25.0 Å². The highest BCUT2D eigenvalue weighted by Gasteiger charge is 2.14. The van der Waals surface area contributed by atoms with Gasteiger partial charge in [0.15, 0.2) is 0 Å². The number of hydrogen-bond donors (Lipinski definition) is 4. The summed E-state index contributed by atoms with van der Waals surface area (Å²) in [5, 5.41) is 3.75. The van der Waals surface area contributed by atoms with Gasteiger partial charge >= 0.3 is 0 Å². The van der Waals surface area contributed by atoms with Gasteiger partial charge in [0.2, 0.25) is 5.91 Å². The number of hydrogen-bond acceptors (Lipinski definition) is 7. The summed E-state index contributed by atoms with van der Waals surface area (Å²) in [7, 11) is 0. The molecule has 0 radical (unpaired) electrons. The number of carbonyl (C=O) groups is 3. The van der Waals surface area contributed by atoms with Crippen LogP contribution in [0.4, 0.5) is 0 Å². The molecule has 0 bridgehead atoms. The maximum Gasteiger partial charge on any atom is 0.267 e. The van der Waals surface area contributed by atoms with Crippen LogP contribution in [0.2, 0.25) is 0 Å². The van der Waals surface area contributed by atoms with Crippen molar-refractivity contribution in [2.24, 2.45) is 0 Å². The van der Waals surface area contributed by atoms with E-state index in [0.717, 1.165) is 50.2 Å². The van der Waals surface area contributed by atoms with Crippen molar-refractivity contribution >= 4 is 95.5 Å². The molecule has 0 atom stereocenters. The monoisotopic (exact) mass is 724 g/mol. The van der Waals surface area contributed by atoms with Crippen LogP contribution in [0.25, 0.3) is 43.6 Å². The Bertz CT molecular complexity index is 2100. The fourth-order valence-electron chi connectivity index (χ4n) is 5.60. The molecule has 4 N–H and O–H groups in total. The maximum absolute atomic E-state index is 12.4. The second kappa shape index (κ2) is 17.5. The number of nitrogens with zero attached hydrogens (tertiary/aromatic N) is 2. The van der Waals surface area contributed by atoms with Crippen LogP contribution in [0.1, 0.15) is 34.1 Å². The molecule has 0 saturated heterocycles. The molecule has 0 spiro atoms. The van der Waals surface area contributed by atoms with E-state index in [9.17, 15) is 14.4 Å². The molecule has 6 rings (SSSR count). The lowest BCUT2D eigenvalue weighted by Crippen LogP contribution is -2.40. The summed E-state index contributed by atoms with van der Waals surface area (Å²) in [6.07, 6.45) is 0.0784. The van der Waals surface area contributed by atoms with Gasteiger partial charge in [0.1, 0.15) is 0 Å². The summed E-state index contributed by atoms with van der Waals surface area (Å²) in [6.45, 7) is 3.68. The van der Waals surface area contributed by atoms with Gasteiger partial charge in [0.25, 0.3) is 11.1 Å². The first-order valence-electron chi connectivity index (χ1n) is 15.5. The van der Waals surface area contributed by atoms with Crippen molar-refractivity contribution in [2.45, 2.75) is 26.4 Å². The van der Waals surface area contributed by atoms with Crippen molar-refractivity contribution < 1.29 is 24.1 Å². The molecule has 0 aliphatic rings. The Morgan fingerprint density at radius 1 is 0.653 bits per heavy atom. The lowest BCUT2D eigenvalue weighted by atomic mass is 10.1. The standard InChI is InChI=1S/C20H24ClN5O4.C15H11Cl2NO/c1-2-29-24-22-19(27)9-12-30-25-23-20(28)14-7-8-18-16(13-14)15-5-3-4-6-17(15)26(18)11-10-21;16-7-8-18-13-4-2-1-3-11(13)12-9-10(15(17)19)5-6-14(12)18/h3-8,13,24-25H,2,9-12H2,1H3,(H,22,27)(H,23,28);1-6,9H,7-8H2.